The number of carbonyl (C=O) groups is 1. The quantitative estimate of drug-likeness (QED) is 0.702. The van der Waals surface area contributed by atoms with E-state index in [1.807, 2.05) is 13.8 Å². The summed E-state index contributed by atoms with van der Waals surface area (Å²) in [6.45, 7) is 10.7. The van der Waals surface area contributed by atoms with Gasteiger partial charge in [-0.25, -0.2) is 0 Å². The molecule has 2 aliphatic rings. The van der Waals surface area contributed by atoms with Gasteiger partial charge in [0.2, 0.25) is 0 Å². The van der Waals surface area contributed by atoms with Crippen molar-refractivity contribution >= 4 is 5.97 Å². The van der Waals surface area contributed by atoms with Crippen molar-refractivity contribution in [1.29, 1.82) is 0 Å². The molecule has 5 unspecified atom stereocenters. The van der Waals surface area contributed by atoms with Crippen molar-refractivity contribution in [2.24, 2.45) is 29.6 Å². The van der Waals surface area contributed by atoms with Gasteiger partial charge in [0.15, 0.2) is 0 Å². The summed E-state index contributed by atoms with van der Waals surface area (Å²) in [5, 5.41) is 0. The van der Waals surface area contributed by atoms with Gasteiger partial charge in [0, 0.05) is 0 Å². The zero-order valence-electron chi connectivity index (χ0n) is 11.8. The monoisotopic (exact) mass is 238 g/mol. The van der Waals surface area contributed by atoms with Crippen LogP contribution in [0, 0.1) is 29.6 Å². The molecule has 2 rings (SSSR count). The van der Waals surface area contributed by atoms with Gasteiger partial charge < -0.3 is 4.74 Å². The first-order chi connectivity index (χ1) is 7.85. The Morgan fingerprint density at radius 1 is 1.24 bits per heavy atom. The molecule has 0 aromatic heterocycles. The molecule has 0 spiro atoms. The highest BCUT2D eigenvalue weighted by Crippen LogP contribution is 2.55. The van der Waals surface area contributed by atoms with E-state index in [9.17, 15) is 4.79 Å². The smallest absolute Gasteiger partial charge is 0.309 e. The second-order valence-electron chi connectivity index (χ2n) is 6.75. The molecule has 2 fully saturated rings. The van der Waals surface area contributed by atoms with E-state index in [-0.39, 0.29) is 17.5 Å². The lowest BCUT2D eigenvalue weighted by Gasteiger charge is -2.33. The van der Waals surface area contributed by atoms with Crippen LogP contribution >= 0.6 is 0 Å². The normalized spacial score (nSPS) is 40.6. The van der Waals surface area contributed by atoms with E-state index in [0.29, 0.717) is 11.8 Å². The summed E-state index contributed by atoms with van der Waals surface area (Å²) in [5.41, 5.74) is -0.298. The van der Waals surface area contributed by atoms with Crippen molar-refractivity contribution < 1.29 is 9.53 Å². The minimum absolute atomic E-state index is 0.0584. The summed E-state index contributed by atoms with van der Waals surface area (Å²) in [6.07, 6.45) is 3.19. The van der Waals surface area contributed by atoms with E-state index in [0.717, 1.165) is 24.7 Å². The van der Waals surface area contributed by atoms with Crippen molar-refractivity contribution in [2.45, 2.75) is 59.5 Å². The number of hydrogen-bond donors (Lipinski definition) is 0. The number of carbonyl (C=O) groups excluding carboxylic acids is 1. The summed E-state index contributed by atoms with van der Waals surface area (Å²) in [5.74, 6) is 3.06. The van der Waals surface area contributed by atoms with Crippen LogP contribution in [0.5, 0.6) is 0 Å². The van der Waals surface area contributed by atoms with Crippen LogP contribution < -0.4 is 0 Å². The van der Waals surface area contributed by atoms with Crippen LogP contribution in [-0.2, 0) is 9.53 Å². The highest BCUT2D eigenvalue weighted by molar-refractivity contribution is 5.74. The number of hydrogen-bond acceptors (Lipinski definition) is 2. The third-order valence-corrected chi connectivity index (χ3v) is 5.43. The number of fused-ring (bicyclic) bond motifs is 2. The Balaban J connectivity index is 1.99. The maximum absolute atomic E-state index is 12.2. The highest BCUT2D eigenvalue weighted by Gasteiger charge is 2.52. The van der Waals surface area contributed by atoms with E-state index < -0.39 is 0 Å². The van der Waals surface area contributed by atoms with Crippen molar-refractivity contribution in [3.63, 3.8) is 0 Å². The van der Waals surface area contributed by atoms with E-state index in [1.54, 1.807) is 0 Å². The lowest BCUT2D eigenvalue weighted by atomic mass is 9.76. The Morgan fingerprint density at radius 2 is 1.88 bits per heavy atom. The molecule has 0 aliphatic heterocycles. The van der Waals surface area contributed by atoms with Gasteiger partial charge in [-0.1, -0.05) is 20.8 Å². The average Bonchev–Trinajstić information content (AvgIpc) is 2.80. The zero-order valence-corrected chi connectivity index (χ0v) is 11.8. The van der Waals surface area contributed by atoms with Crippen LogP contribution in [0.3, 0.4) is 0 Å². The molecule has 0 radical (unpaired) electrons. The van der Waals surface area contributed by atoms with Gasteiger partial charge in [0.1, 0.15) is 5.60 Å². The minimum Gasteiger partial charge on any atom is -0.459 e. The molecular weight excluding hydrogens is 212 g/mol. The van der Waals surface area contributed by atoms with Crippen LogP contribution in [0.25, 0.3) is 0 Å². The van der Waals surface area contributed by atoms with E-state index in [4.69, 9.17) is 4.74 Å². The lowest BCUT2D eigenvalue weighted by molar-refractivity contribution is -0.164. The summed E-state index contributed by atoms with van der Waals surface area (Å²) in [6, 6.07) is 0. The van der Waals surface area contributed by atoms with Crippen LogP contribution in [-0.4, -0.2) is 11.6 Å². The Kier molecular flexibility index (Phi) is 3.26. The molecule has 0 saturated heterocycles. The fraction of sp³-hybridized carbons (Fsp3) is 0.933. The van der Waals surface area contributed by atoms with Crippen LogP contribution in [0.1, 0.15) is 53.9 Å². The molecule has 2 aliphatic carbocycles. The number of esters is 1. The molecule has 2 saturated carbocycles. The third kappa shape index (κ3) is 2.23. The molecule has 98 valence electrons. The van der Waals surface area contributed by atoms with Crippen LogP contribution in [0.15, 0.2) is 0 Å². The first-order valence-electron chi connectivity index (χ1n) is 7.08. The summed E-state index contributed by atoms with van der Waals surface area (Å²) in [4.78, 5) is 12.2. The first-order valence-corrected chi connectivity index (χ1v) is 7.08. The Hall–Kier alpha value is -0.530. The molecule has 2 bridgehead atoms. The predicted molar refractivity (Wildman–Crippen MR) is 68.5 cm³/mol. The topological polar surface area (TPSA) is 26.3 Å². The van der Waals surface area contributed by atoms with Gasteiger partial charge in [-0.2, -0.15) is 0 Å². The minimum atomic E-state index is -0.298. The Labute approximate surface area is 105 Å². The van der Waals surface area contributed by atoms with Gasteiger partial charge in [-0.05, 0) is 56.8 Å². The number of rotatable bonds is 3. The summed E-state index contributed by atoms with van der Waals surface area (Å²) in [7, 11) is 0. The van der Waals surface area contributed by atoms with Crippen LogP contribution in [0.4, 0.5) is 0 Å². The van der Waals surface area contributed by atoms with E-state index in [1.165, 1.54) is 6.42 Å². The average molecular weight is 238 g/mol. The fourth-order valence-electron chi connectivity index (χ4n) is 3.63. The first kappa shape index (κ1) is 12.9. The predicted octanol–water partition coefficient (Wildman–Crippen LogP) is 3.65. The molecule has 0 N–H and O–H groups in total. The Morgan fingerprint density at radius 3 is 2.35 bits per heavy atom. The fourth-order valence-corrected chi connectivity index (χ4v) is 3.63. The molecule has 17 heavy (non-hydrogen) atoms. The SMILES string of the molecule is CCC(C)(C)OC(=O)C1CC2CC1C(C)C2C. The lowest BCUT2D eigenvalue weighted by Crippen LogP contribution is -2.36. The van der Waals surface area contributed by atoms with Gasteiger partial charge >= 0.3 is 5.97 Å². The largest absolute Gasteiger partial charge is 0.459 e. The van der Waals surface area contributed by atoms with Crippen molar-refractivity contribution in [2.75, 3.05) is 0 Å². The van der Waals surface area contributed by atoms with Crippen molar-refractivity contribution in [3.8, 4) is 0 Å². The second kappa shape index (κ2) is 4.29. The maximum atomic E-state index is 12.2. The molecule has 2 nitrogen and oxygen atoms in total. The Bertz CT molecular complexity index is 306. The number of ether oxygens (including phenoxy) is 1. The molecule has 0 aromatic rings. The van der Waals surface area contributed by atoms with Gasteiger partial charge in [0.05, 0.1) is 5.92 Å². The third-order valence-electron chi connectivity index (χ3n) is 5.43. The van der Waals surface area contributed by atoms with Crippen molar-refractivity contribution in [1.82, 2.24) is 0 Å². The standard InChI is InChI=1S/C15H26O2/c1-6-15(4,5)17-14(16)13-8-11-7-12(13)10(3)9(11)2/h9-13H,6-8H2,1-5H3. The van der Waals surface area contributed by atoms with E-state index in [2.05, 4.69) is 20.8 Å². The van der Waals surface area contributed by atoms with Crippen molar-refractivity contribution in [3.05, 3.63) is 0 Å². The molecule has 0 aromatic carbocycles. The second-order valence-corrected chi connectivity index (χ2v) is 6.75. The van der Waals surface area contributed by atoms with Gasteiger partial charge in [-0.3, -0.25) is 4.79 Å². The molecule has 0 amide bonds. The summed E-state index contributed by atoms with van der Waals surface area (Å²) < 4.78 is 5.67. The van der Waals surface area contributed by atoms with Crippen LogP contribution in [0.2, 0.25) is 0 Å². The van der Waals surface area contributed by atoms with Gasteiger partial charge in [0.25, 0.3) is 0 Å². The molecule has 0 heterocycles. The molecular formula is C15H26O2. The molecule has 2 heteroatoms. The zero-order chi connectivity index (χ0) is 12.8. The van der Waals surface area contributed by atoms with E-state index >= 15 is 0 Å². The highest BCUT2D eigenvalue weighted by atomic mass is 16.6. The van der Waals surface area contributed by atoms with Gasteiger partial charge in [-0.15, -0.1) is 0 Å². The maximum Gasteiger partial charge on any atom is 0.309 e. The molecule has 5 atom stereocenters. The summed E-state index contributed by atoms with van der Waals surface area (Å²) >= 11 is 0.